The van der Waals surface area contributed by atoms with Gasteiger partial charge in [-0.15, -0.1) is 0 Å². The summed E-state index contributed by atoms with van der Waals surface area (Å²) in [4.78, 5) is 14.5. The molecule has 0 saturated heterocycles. The quantitative estimate of drug-likeness (QED) is 0.723. The molecule has 0 aliphatic carbocycles. The van der Waals surface area contributed by atoms with E-state index in [9.17, 15) is 4.79 Å². The number of hydrogen-bond donors (Lipinski definition) is 1. The summed E-state index contributed by atoms with van der Waals surface area (Å²) in [6, 6.07) is 16.7. The molecule has 2 aromatic rings. The summed E-state index contributed by atoms with van der Waals surface area (Å²) in [5.41, 5.74) is 4.72. The fourth-order valence-electron chi connectivity index (χ4n) is 3.00. The van der Waals surface area contributed by atoms with Crippen LogP contribution in [0.4, 0.5) is 11.4 Å². The van der Waals surface area contributed by atoms with Crippen LogP contribution in [-0.2, 0) is 16.6 Å². The zero-order valence-electron chi connectivity index (χ0n) is 16.8. The summed E-state index contributed by atoms with van der Waals surface area (Å²) in [5.74, 6) is 0.0560. The van der Waals surface area contributed by atoms with Crippen molar-refractivity contribution >= 4 is 17.3 Å². The Kier molecular flexibility index (Phi) is 6.84. The van der Waals surface area contributed by atoms with Crippen LogP contribution >= 0.6 is 0 Å². The Bertz CT molecular complexity index is 692. The van der Waals surface area contributed by atoms with E-state index in [-0.39, 0.29) is 11.3 Å². The molecule has 2 aromatic carbocycles. The van der Waals surface area contributed by atoms with E-state index in [1.165, 1.54) is 16.8 Å². The highest BCUT2D eigenvalue weighted by atomic mass is 16.1. The Morgan fingerprint density at radius 1 is 0.923 bits per heavy atom. The molecule has 0 aromatic heterocycles. The van der Waals surface area contributed by atoms with Gasteiger partial charge in [0.15, 0.2) is 0 Å². The molecule has 0 atom stereocenters. The van der Waals surface area contributed by atoms with Crippen molar-refractivity contribution in [3.63, 3.8) is 0 Å². The smallest absolute Gasteiger partial charge is 0.224 e. The lowest BCUT2D eigenvalue weighted by Gasteiger charge is -2.21. The zero-order valence-corrected chi connectivity index (χ0v) is 16.8. The Morgan fingerprint density at radius 2 is 1.50 bits per heavy atom. The number of hydrogen-bond acceptors (Lipinski definition) is 2. The molecule has 0 radical (unpaired) electrons. The van der Waals surface area contributed by atoms with Gasteiger partial charge in [-0.2, -0.15) is 0 Å². The minimum absolute atomic E-state index is 0.0560. The Hall–Kier alpha value is -2.29. The highest BCUT2D eigenvalue weighted by Crippen LogP contribution is 2.22. The van der Waals surface area contributed by atoms with Gasteiger partial charge in [0.1, 0.15) is 0 Å². The van der Waals surface area contributed by atoms with Crippen molar-refractivity contribution in [1.82, 2.24) is 0 Å². The molecular formula is C23H32N2O. The Labute approximate surface area is 158 Å². The first-order valence-electron chi connectivity index (χ1n) is 9.57. The molecular weight excluding hydrogens is 320 g/mol. The fraction of sp³-hybridized carbons (Fsp3) is 0.435. The second-order valence-corrected chi connectivity index (χ2v) is 7.71. The average Bonchev–Trinajstić information content (AvgIpc) is 2.62. The molecule has 3 heteroatoms. The summed E-state index contributed by atoms with van der Waals surface area (Å²) in [6.07, 6.45) is 1.25. The van der Waals surface area contributed by atoms with Gasteiger partial charge in [0.25, 0.3) is 0 Å². The third kappa shape index (κ3) is 5.62. The largest absolute Gasteiger partial charge is 0.372 e. The lowest BCUT2D eigenvalue weighted by molar-refractivity contribution is -0.116. The lowest BCUT2D eigenvalue weighted by Crippen LogP contribution is -2.21. The predicted molar refractivity (Wildman–Crippen MR) is 112 cm³/mol. The van der Waals surface area contributed by atoms with Crippen LogP contribution in [0.25, 0.3) is 0 Å². The SMILES string of the molecule is CCN(CC)c1ccc(NC(=O)CCc2ccc(C(C)(C)C)cc2)cc1. The van der Waals surface area contributed by atoms with E-state index in [1.54, 1.807) is 0 Å². The normalized spacial score (nSPS) is 11.3. The van der Waals surface area contributed by atoms with Crippen molar-refractivity contribution < 1.29 is 4.79 Å². The first-order valence-corrected chi connectivity index (χ1v) is 9.57. The van der Waals surface area contributed by atoms with E-state index in [1.807, 2.05) is 12.1 Å². The van der Waals surface area contributed by atoms with Crippen LogP contribution in [0, 0.1) is 0 Å². The second-order valence-electron chi connectivity index (χ2n) is 7.71. The molecule has 0 aliphatic rings. The van der Waals surface area contributed by atoms with E-state index in [0.29, 0.717) is 6.42 Å². The van der Waals surface area contributed by atoms with Gasteiger partial charge in [-0.25, -0.2) is 0 Å². The number of carbonyl (C=O) groups is 1. The summed E-state index contributed by atoms with van der Waals surface area (Å²) in [7, 11) is 0. The van der Waals surface area contributed by atoms with Crippen molar-refractivity contribution in [2.24, 2.45) is 0 Å². The van der Waals surface area contributed by atoms with Crippen LogP contribution in [0.2, 0.25) is 0 Å². The summed E-state index contributed by atoms with van der Waals surface area (Å²) in [5, 5.41) is 2.99. The standard InChI is InChI=1S/C23H32N2O/c1-6-25(7-2)21-15-13-20(14-16-21)24-22(26)17-10-18-8-11-19(12-9-18)23(3,4)5/h8-9,11-16H,6-7,10,17H2,1-5H3,(H,24,26). The number of rotatable bonds is 7. The summed E-state index contributed by atoms with van der Waals surface area (Å²) < 4.78 is 0. The summed E-state index contributed by atoms with van der Waals surface area (Å²) in [6.45, 7) is 12.9. The number of benzene rings is 2. The van der Waals surface area contributed by atoms with Gasteiger partial charge in [-0.05, 0) is 61.1 Å². The van der Waals surface area contributed by atoms with E-state index in [0.717, 1.165) is 25.2 Å². The van der Waals surface area contributed by atoms with E-state index in [4.69, 9.17) is 0 Å². The maximum absolute atomic E-state index is 12.2. The van der Waals surface area contributed by atoms with E-state index >= 15 is 0 Å². The second kappa shape index (κ2) is 8.88. The first-order chi connectivity index (χ1) is 12.3. The van der Waals surface area contributed by atoms with Gasteiger partial charge in [0, 0.05) is 30.9 Å². The number of anilines is 2. The molecule has 3 nitrogen and oxygen atoms in total. The number of nitrogens with zero attached hydrogens (tertiary/aromatic N) is 1. The highest BCUT2D eigenvalue weighted by Gasteiger charge is 2.13. The molecule has 0 saturated carbocycles. The van der Waals surface area contributed by atoms with Crippen LogP contribution in [0.5, 0.6) is 0 Å². The van der Waals surface area contributed by atoms with E-state index < -0.39 is 0 Å². The molecule has 2 rings (SSSR count). The maximum Gasteiger partial charge on any atom is 0.224 e. The van der Waals surface area contributed by atoms with Gasteiger partial charge >= 0.3 is 0 Å². The lowest BCUT2D eigenvalue weighted by atomic mass is 9.86. The number of amides is 1. The van der Waals surface area contributed by atoms with E-state index in [2.05, 4.69) is 81.2 Å². The van der Waals surface area contributed by atoms with Gasteiger partial charge in [-0.3, -0.25) is 4.79 Å². The van der Waals surface area contributed by atoms with Crippen molar-refractivity contribution in [3.8, 4) is 0 Å². The predicted octanol–water partition coefficient (Wildman–Crippen LogP) is 5.40. The topological polar surface area (TPSA) is 32.3 Å². The van der Waals surface area contributed by atoms with Crippen molar-refractivity contribution in [2.45, 2.75) is 52.9 Å². The molecule has 0 spiro atoms. The fourth-order valence-corrected chi connectivity index (χ4v) is 3.00. The summed E-state index contributed by atoms with van der Waals surface area (Å²) >= 11 is 0. The molecule has 0 aliphatic heterocycles. The van der Waals surface area contributed by atoms with Gasteiger partial charge < -0.3 is 10.2 Å². The van der Waals surface area contributed by atoms with Crippen molar-refractivity contribution in [1.29, 1.82) is 0 Å². The highest BCUT2D eigenvalue weighted by molar-refractivity contribution is 5.91. The molecule has 140 valence electrons. The minimum atomic E-state index is 0.0560. The van der Waals surface area contributed by atoms with Gasteiger partial charge in [0.05, 0.1) is 0 Å². The molecule has 1 N–H and O–H groups in total. The molecule has 0 heterocycles. The third-order valence-electron chi connectivity index (χ3n) is 4.74. The van der Waals surface area contributed by atoms with Crippen LogP contribution < -0.4 is 10.2 Å². The van der Waals surface area contributed by atoms with Crippen LogP contribution in [0.1, 0.15) is 52.2 Å². The first kappa shape index (κ1) is 20.0. The van der Waals surface area contributed by atoms with Gasteiger partial charge in [-0.1, -0.05) is 45.0 Å². The molecule has 0 fully saturated rings. The van der Waals surface area contributed by atoms with Gasteiger partial charge in [0.2, 0.25) is 5.91 Å². The molecule has 26 heavy (non-hydrogen) atoms. The Morgan fingerprint density at radius 3 is 2.00 bits per heavy atom. The van der Waals surface area contributed by atoms with Crippen LogP contribution in [-0.4, -0.2) is 19.0 Å². The molecule has 0 unspecified atom stereocenters. The number of aryl methyl sites for hydroxylation is 1. The minimum Gasteiger partial charge on any atom is -0.372 e. The zero-order chi connectivity index (χ0) is 19.2. The average molecular weight is 353 g/mol. The third-order valence-corrected chi connectivity index (χ3v) is 4.74. The maximum atomic E-state index is 12.2. The monoisotopic (exact) mass is 352 g/mol. The van der Waals surface area contributed by atoms with Crippen LogP contribution in [0.3, 0.4) is 0 Å². The number of carbonyl (C=O) groups excluding carboxylic acids is 1. The molecule has 1 amide bonds. The van der Waals surface area contributed by atoms with Crippen molar-refractivity contribution in [2.75, 3.05) is 23.3 Å². The molecule has 0 bridgehead atoms. The van der Waals surface area contributed by atoms with Crippen molar-refractivity contribution in [3.05, 3.63) is 59.7 Å². The Balaban J connectivity index is 1.87. The number of nitrogens with one attached hydrogen (secondary N) is 1. The van der Waals surface area contributed by atoms with Crippen LogP contribution in [0.15, 0.2) is 48.5 Å².